The number of Topliss-reactive ketones (excluding diaryl/α,β-unsaturated/α-hetero) is 1. The molecule has 0 atom stereocenters. The number of benzene rings is 2. The zero-order chi connectivity index (χ0) is 18.8. The molecular weight excluding hydrogens is 347 g/mol. The first-order valence-electron chi connectivity index (χ1n) is 9.17. The van der Waals surface area contributed by atoms with Crippen molar-refractivity contribution < 1.29 is 18.7 Å². The number of nitrogens with one attached hydrogen (secondary N) is 1. The number of carbonyl (C=O) groups excluding carboxylic acids is 2. The molecule has 0 radical (unpaired) electrons. The molecule has 0 saturated carbocycles. The molecule has 6 heteroatoms. The largest absolute Gasteiger partial charge is 0.482 e. The Morgan fingerprint density at radius 3 is 2.74 bits per heavy atom. The second-order valence-corrected chi connectivity index (χ2v) is 7.05. The van der Waals surface area contributed by atoms with Crippen molar-refractivity contribution >= 4 is 17.4 Å². The number of nitrogens with zero attached hydrogens (tertiary/aromatic N) is 1. The Bertz CT molecular complexity index is 875. The summed E-state index contributed by atoms with van der Waals surface area (Å²) in [5.41, 5.74) is 1.83. The van der Waals surface area contributed by atoms with Gasteiger partial charge in [0.15, 0.2) is 12.4 Å². The Morgan fingerprint density at radius 1 is 1.19 bits per heavy atom. The van der Waals surface area contributed by atoms with E-state index in [0.29, 0.717) is 29.1 Å². The van der Waals surface area contributed by atoms with Gasteiger partial charge in [0.2, 0.25) is 0 Å². The van der Waals surface area contributed by atoms with Crippen molar-refractivity contribution in [3.8, 4) is 5.75 Å². The Kier molecular flexibility index (Phi) is 4.90. The zero-order valence-electron chi connectivity index (χ0n) is 14.9. The SMILES string of the molecule is O=C1COc2ccc(C(=O)C3CCN(Cc4ccccc4F)CC3)cc2N1. The Morgan fingerprint density at radius 2 is 1.96 bits per heavy atom. The molecule has 2 aromatic rings. The lowest BCUT2D eigenvalue weighted by Gasteiger charge is -2.31. The second kappa shape index (κ2) is 7.48. The lowest BCUT2D eigenvalue weighted by atomic mass is 9.88. The molecule has 1 fully saturated rings. The first kappa shape index (κ1) is 17.7. The molecule has 0 spiro atoms. The van der Waals surface area contributed by atoms with E-state index in [9.17, 15) is 14.0 Å². The van der Waals surface area contributed by atoms with Crippen LogP contribution in [-0.4, -0.2) is 36.3 Å². The number of fused-ring (bicyclic) bond motifs is 1. The van der Waals surface area contributed by atoms with E-state index in [2.05, 4.69) is 10.2 Å². The van der Waals surface area contributed by atoms with Crippen LogP contribution in [0, 0.1) is 11.7 Å². The molecule has 1 saturated heterocycles. The molecule has 140 valence electrons. The molecule has 0 aliphatic carbocycles. The van der Waals surface area contributed by atoms with Gasteiger partial charge < -0.3 is 10.1 Å². The van der Waals surface area contributed by atoms with Crippen molar-refractivity contribution in [3.63, 3.8) is 0 Å². The quantitative estimate of drug-likeness (QED) is 0.842. The predicted octanol–water partition coefficient (Wildman–Crippen LogP) is 3.25. The van der Waals surface area contributed by atoms with Crippen LogP contribution in [0.15, 0.2) is 42.5 Å². The van der Waals surface area contributed by atoms with Crippen LogP contribution < -0.4 is 10.1 Å². The highest BCUT2D eigenvalue weighted by molar-refractivity contribution is 6.01. The number of halogens is 1. The molecule has 2 heterocycles. The average Bonchev–Trinajstić information content (AvgIpc) is 2.69. The monoisotopic (exact) mass is 368 g/mol. The summed E-state index contributed by atoms with van der Waals surface area (Å²) in [7, 11) is 0. The van der Waals surface area contributed by atoms with Crippen molar-refractivity contribution in [2.45, 2.75) is 19.4 Å². The van der Waals surface area contributed by atoms with Gasteiger partial charge in [-0.05, 0) is 50.2 Å². The van der Waals surface area contributed by atoms with Gasteiger partial charge >= 0.3 is 0 Å². The molecule has 5 nitrogen and oxygen atoms in total. The minimum Gasteiger partial charge on any atom is -0.482 e. The maximum atomic E-state index is 13.8. The fourth-order valence-electron chi connectivity index (χ4n) is 3.69. The van der Waals surface area contributed by atoms with Crippen LogP contribution in [0.1, 0.15) is 28.8 Å². The summed E-state index contributed by atoms with van der Waals surface area (Å²) in [6, 6.07) is 12.0. The standard InChI is InChI=1S/C21H21FN2O3/c22-17-4-2-1-3-16(17)12-24-9-7-14(8-10-24)21(26)15-5-6-19-18(11-15)23-20(25)13-27-19/h1-6,11,14H,7-10,12-13H2,(H,23,25). The maximum Gasteiger partial charge on any atom is 0.262 e. The van der Waals surface area contributed by atoms with E-state index in [0.717, 1.165) is 25.9 Å². The number of hydrogen-bond donors (Lipinski definition) is 1. The van der Waals surface area contributed by atoms with Crippen molar-refractivity contribution in [1.29, 1.82) is 0 Å². The smallest absolute Gasteiger partial charge is 0.262 e. The molecule has 27 heavy (non-hydrogen) atoms. The molecule has 0 aromatic heterocycles. The average molecular weight is 368 g/mol. The van der Waals surface area contributed by atoms with Crippen molar-refractivity contribution in [2.24, 2.45) is 5.92 Å². The van der Waals surface area contributed by atoms with Crippen molar-refractivity contribution in [2.75, 3.05) is 25.0 Å². The molecule has 2 aliphatic rings. The lowest BCUT2D eigenvalue weighted by Crippen LogP contribution is -2.36. The van der Waals surface area contributed by atoms with E-state index in [1.165, 1.54) is 6.07 Å². The van der Waals surface area contributed by atoms with Crippen molar-refractivity contribution in [1.82, 2.24) is 4.90 Å². The molecule has 1 amide bonds. The van der Waals surface area contributed by atoms with Crippen LogP contribution in [0.25, 0.3) is 0 Å². The van der Waals surface area contributed by atoms with Gasteiger partial charge in [-0.1, -0.05) is 18.2 Å². The summed E-state index contributed by atoms with van der Waals surface area (Å²) < 4.78 is 19.2. The minimum absolute atomic E-state index is 0.000755. The zero-order valence-corrected chi connectivity index (χ0v) is 14.9. The lowest BCUT2D eigenvalue weighted by molar-refractivity contribution is -0.118. The molecular formula is C21H21FN2O3. The van der Waals surface area contributed by atoms with Crippen LogP contribution in [0.2, 0.25) is 0 Å². The van der Waals surface area contributed by atoms with Crippen LogP contribution in [0.5, 0.6) is 5.75 Å². The van der Waals surface area contributed by atoms with Crippen LogP contribution in [0.4, 0.5) is 10.1 Å². The van der Waals surface area contributed by atoms with E-state index in [-0.39, 0.29) is 30.0 Å². The number of hydrogen-bond acceptors (Lipinski definition) is 4. The number of ketones is 1. The molecule has 0 bridgehead atoms. The van der Waals surface area contributed by atoms with E-state index >= 15 is 0 Å². The molecule has 4 rings (SSSR count). The topological polar surface area (TPSA) is 58.6 Å². The first-order chi connectivity index (χ1) is 13.1. The van der Waals surface area contributed by atoms with Gasteiger partial charge in [-0.3, -0.25) is 14.5 Å². The maximum absolute atomic E-state index is 13.8. The van der Waals surface area contributed by atoms with Gasteiger partial charge in [0, 0.05) is 23.6 Å². The highest BCUT2D eigenvalue weighted by atomic mass is 19.1. The molecule has 0 unspecified atom stereocenters. The number of likely N-dealkylation sites (tertiary alicyclic amines) is 1. The predicted molar refractivity (Wildman–Crippen MR) is 99.3 cm³/mol. The van der Waals surface area contributed by atoms with E-state index in [4.69, 9.17) is 4.74 Å². The van der Waals surface area contributed by atoms with Gasteiger partial charge in [0.25, 0.3) is 5.91 Å². The van der Waals surface area contributed by atoms with Gasteiger partial charge in [0.05, 0.1) is 5.69 Å². The van der Waals surface area contributed by atoms with Gasteiger partial charge in [-0.25, -0.2) is 4.39 Å². The number of rotatable bonds is 4. The van der Waals surface area contributed by atoms with E-state index < -0.39 is 0 Å². The summed E-state index contributed by atoms with van der Waals surface area (Å²) in [6.45, 7) is 2.08. The summed E-state index contributed by atoms with van der Waals surface area (Å²) >= 11 is 0. The van der Waals surface area contributed by atoms with Crippen LogP contribution in [-0.2, 0) is 11.3 Å². The molecule has 2 aromatic carbocycles. The van der Waals surface area contributed by atoms with Crippen molar-refractivity contribution in [3.05, 3.63) is 59.4 Å². The third kappa shape index (κ3) is 3.85. The van der Waals surface area contributed by atoms with Crippen LogP contribution in [0.3, 0.4) is 0 Å². The summed E-state index contributed by atoms with van der Waals surface area (Å²) in [4.78, 5) is 26.5. The normalized spacial score (nSPS) is 17.7. The molecule has 1 N–H and O–H groups in total. The minimum atomic E-state index is -0.214. The number of anilines is 1. The Hall–Kier alpha value is -2.73. The fraction of sp³-hybridized carbons (Fsp3) is 0.333. The summed E-state index contributed by atoms with van der Waals surface area (Å²) in [6.07, 6.45) is 1.49. The number of ether oxygens (including phenoxy) is 1. The summed E-state index contributed by atoms with van der Waals surface area (Å²) in [5, 5.41) is 2.74. The summed E-state index contributed by atoms with van der Waals surface area (Å²) in [5.74, 6) is 0.219. The third-order valence-corrected chi connectivity index (χ3v) is 5.21. The third-order valence-electron chi connectivity index (χ3n) is 5.21. The number of piperidine rings is 1. The number of amides is 1. The van der Waals surface area contributed by atoms with Crippen LogP contribution >= 0.6 is 0 Å². The van der Waals surface area contributed by atoms with E-state index in [1.807, 2.05) is 6.07 Å². The highest BCUT2D eigenvalue weighted by Gasteiger charge is 2.27. The first-order valence-corrected chi connectivity index (χ1v) is 9.17. The van der Waals surface area contributed by atoms with Gasteiger partial charge in [0.1, 0.15) is 11.6 Å². The van der Waals surface area contributed by atoms with Gasteiger partial charge in [-0.15, -0.1) is 0 Å². The second-order valence-electron chi connectivity index (χ2n) is 7.05. The fourth-order valence-corrected chi connectivity index (χ4v) is 3.69. The Balaban J connectivity index is 1.38. The molecule has 2 aliphatic heterocycles. The highest BCUT2D eigenvalue weighted by Crippen LogP contribution is 2.31. The van der Waals surface area contributed by atoms with Gasteiger partial charge in [-0.2, -0.15) is 0 Å². The Labute approximate surface area is 157 Å². The van der Waals surface area contributed by atoms with E-state index in [1.54, 1.807) is 30.3 Å². The number of carbonyl (C=O) groups is 2.